The van der Waals surface area contributed by atoms with Crippen molar-refractivity contribution in [3.05, 3.63) is 35.4 Å². The van der Waals surface area contributed by atoms with Crippen molar-refractivity contribution in [2.24, 2.45) is 5.92 Å². The molecule has 2 fully saturated rings. The number of nitrogens with one attached hydrogen (secondary N) is 2. The Labute approximate surface area is 175 Å². The highest BCUT2D eigenvalue weighted by molar-refractivity contribution is 5.76. The average molecular weight is 400 g/mol. The van der Waals surface area contributed by atoms with Gasteiger partial charge >= 0.3 is 0 Å². The predicted molar refractivity (Wildman–Crippen MR) is 117 cm³/mol. The molecule has 1 aromatic rings. The smallest absolute Gasteiger partial charge is 0.221 e. The molecule has 3 rings (SSSR count). The molecule has 1 aliphatic heterocycles. The van der Waals surface area contributed by atoms with Crippen LogP contribution in [0.4, 0.5) is 0 Å². The molecule has 5 nitrogen and oxygen atoms in total. The van der Waals surface area contributed by atoms with E-state index in [1.807, 2.05) is 0 Å². The van der Waals surface area contributed by atoms with E-state index >= 15 is 0 Å². The van der Waals surface area contributed by atoms with Crippen LogP contribution >= 0.6 is 0 Å². The first kappa shape index (κ1) is 21.8. The van der Waals surface area contributed by atoms with Gasteiger partial charge in [0, 0.05) is 45.1 Å². The fraction of sp³-hybridized carbons (Fsp3) is 0.667. The van der Waals surface area contributed by atoms with Crippen LogP contribution in [0.1, 0.15) is 70.9 Å². The van der Waals surface area contributed by atoms with Gasteiger partial charge in [0.1, 0.15) is 0 Å². The van der Waals surface area contributed by atoms with Gasteiger partial charge in [-0.15, -0.1) is 0 Å². The fourth-order valence-electron chi connectivity index (χ4n) is 4.22. The number of hydrogen-bond donors (Lipinski definition) is 2. The minimum Gasteiger partial charge on any atom is -0.355 e. The van der Waals surface area contributed by atoms with Crippen molar-refractivity contribution < 1.29 is 9.59 Å². The summed E-state index contributed by atoms with van der Waals surface area (Å²) in [5.74, 6) is 0.922. The molecule has 2 atom stereocenters. The van der Waals surface area contributed by atoms with E-state index in [0.717, 1.165) is 30.9 Å². The molecule has 1 heterocycles. The van der Waals surface area contributed by atoms with E-state index in [0.29, 0.717) is 25.6 Å². The first-order chi connectivity index (χ1) is 13.7. The maximum absolute atomic E-state index is 12.6. The fourth-order valence-corrected chi connectivity index (χ4v) is 4.22. The number of nitrogens with zero attached hydrogens (tertiary/aromatic N) is 1. The molecule has 0 unspecified atom stereocenters. The first-order valence-electron chi connectivity index (χ1n) is 11.1. The summed E-state index contributed by atoms with van der Waals surface area (Å²) >= 11 is 0. The number of benzene rings is 1. The summed E-state index contributed by atoms with van der Waals surface area (Å²) in [5, 5.41) is 6.07. The zero-order valence-electron chi connectivity index (χ0n) is 18.5. The molecular weight excluding hydrogens is 362 g/mol. The molecule has 1 saturated carbocycles. The zero-order valence-corrected chi connectivity index (χ0v) is 18.5. The third-order valence-corrected chi connectivity index (χ3v) is 6.25. The quantitative estimate of drug-likeness (QED) is 0.705. The van der Waals surface area contributed by atoms with Crippen molar-refractivity contribution in [2.75, 3.05) is 13.1 Å². The van der Waals surface area contributed by atoms with Crippen LogP contribution in [0.3, 0.4) is 0 Å². The lowest BCUT2D eigenvalue weighted by atomic mass is 9.87. The summed E-state index contributed by atoms with van der Waals surface area (Å²) in [6.07, 6.45) is 5.23. The van der Waals surface area contributed by atoms with Crippen molar-refractivity contribution in [3.8, 4) is 0 Å². The first-order valence-corrected chi connectivity index (χ1v) is 11.1. The molecule has 1 saturated heterocycles. The van der Waals surface area contributed by atoms with Crippen molar-refractivity contribution in [3.63, 3.8) is 0 Å². The molecule has 0 bridgehead atoms. The van der Waals surface area contributed by atoms with Gasteiger partial charge in [-0.25, -0.2) is 0 Å². The molecule has 5 heteroatoms. The van der Waals surface area contributed by atoms with E-state index in [4.69, 9.17) is 0 Å². The molecule has 0 spiro atoms. The summed E-state index contributed by atoms with van der Waals surface area (Å²) in [5.41, 5.74) is 2.58. The topological polar surface area (TPSA) is 61.4 Å². The standard InChI is InChI=1S/C24H37N3O2/c1-17(28)25-15-22-12-11-21(27(22)16-19-5-6-19)13-23(29)26-14-18-7-9-20(10-8-18)24(2,3)4/h7-10,19,21-22H,5-6,11-16H2,1-4H3,(H,25,28)(H,26,29)/t21-,22+/m0/s1. The molecule has 29 heavy (non-hydrogen) atoms. The van der Waals surface area contributed by atoms with Crippen LogP contribution in [0.5, 0.6) is 0 Å². The van der Waals surface area contributed by atoms with Gasteiger partial charge in [-0.3, -0.25) is 14.5 Å². The molecule has 2 aliphatic rings. The van der Waals surface area contributed by atoms with Crippen LogP contribution in [-0.4, -0.2) is 41.9 Å². The molecular formula is C24H37N3O2. The van der Waals surface area contributed by atoms with E-state index < -0.39 is 0 Å². The highest BCUT2D eigenvalue weighted by Crippen LogP contribution is 2.35. The van der Waals surface area contributed by atoms with Crippen LogP contribution in [0.2, 0.25) is 0 Å². The van der Waals surface area contributed by atoms with E-state index in [2.05, 4.69) is 60.6 Å². The van der Waals surface area contributed by atoms with Gasteiger partial charge in [0.2, 0.25) is 11.8 Å². The molecule has 2 amide bonds. The van der Waals surface area contributed by atoms with E-state index in [1.54, 1.807) is 6.92 Å². The van der Waals surface area contributed by atoms with Gasteiger partial charge in [-0.05, 0) is 48.1 Å². The lowest BCUT2D eigenvalue weighted by molar-refractivity contribution is -0.122. The van der Waals surface area contributed by atoms with Crippen LogP contribution in [0.25, 0.3) is 0 Å². The third-order valence-electron chi connectivity index (χ3n) is 6.25. The number of likely N-dealkylation sites (tertiary alicyclic amines) is 1. The largest absolute Gasteiger partial charge is 0.355 e. The Bertz CT molecular complexity index is 704. The van der Waals surface area contributed by atoms with Crippen molar-refractivity contribution in [1.82, 2.24) is 15.5 Å². The van der Waals surface area contributed by atoms with E-state index in [1.165, 1.54) is 18.4 Å². The maximum atomic E-state index is 12.6. The Kier molecular flexibility index (Phi) is 6.99. The second kappa shape index (κ2) is 9.29. The Hall–Kier alpha value is -1.88. The summed E-state index contributed by atoms with van der Waals surface area (Å²) < 4.78 is 0. The molecule has 1 aliphatic carbocycles. The highest BCUT2D eigenvalue weighted by atomic mass is 16.2. The maximum Gasteiger partial charge on any atom is 0.221 e. The number of rotatable bonds is 8. The minimum atomic E-state index is 0.0232. The second-order valence-corrected chi connectivity index (χ2v) is 9.89. The second-order valence-electron chi connectivity index (χ2n) is 9.89. The zero-order chi connectivity index (χ0) is 21.0. The normalized spacial score (nSPS) is 22.5. The number of hydrogen-bond acceptors (Lipinski definition) is 3. The third kappa shape index (κ3) is 6.56. The molecule has 1 aromatic carbocycles. The number of amides is 2. The minimum absolute atomic E-state index is 0.0232. The molecule has 160 valence electrons. The molecule has 0 radical (unpaired) electrons. The van der Waals surface area contributed by atoms with Crippen LogP contribution in [0.15, 0.2) is 24.3 Å². The Morgan fingerprint density at radius 3 is 2.24 bits per heavy atom. The van der Waals surface area contributed by atoms with Gasteiger partial charge < -0.3 is 10.6 Å². The van der Waals surface area contributed by atoms with Crippen molar-refractivity contribution >= 4 is 11.8 Å². The highest BCUT2D eigenvalue weighted by Gasteiger charge is 2.37. The molecule has 0 aromatic heterocycles. The van der Waals surface area contributed by atoms with Gasteiger partial charge in [-0.1, -0.05) is 45.0 Å². The number of carbonyl (C=O) groups excluding carboxylic acids is 2. The Morgan fingerprint density at radius 2 is 1.66 bits per heavy atom. The van der Waals surface area contributed by atoms with Gasteiger partial charge in [-0.2, -0.15) is 0 Å². The average Bonchev–Trinajstić information content (AvgIpc) is 3.40. The monoisotopic (exact) mass is 399 g/mol. The van der Waals surface area contributed by atoms with Gasteiger partial charge in [0.15, 0.2) is 0 Å². The summed E-state index contributed by atoms with van der Waals surface area (Å²) in [6, 6.07) is 9.18. The Morgan fingerprint density at radius 1 is 1.00 bits per heavy atom. The lowest BCUT2D eigenvalue weighted by Crippen LogP contribution is -2.45. The van der Waals surface area contributed by atoms with Crippen LogP contribution in [0, 0.1) is 5.92 Å². The molecule has 2 N–H and O–H groups in total. The van der Waals surface area contributed by atoms with Crippen molar-refractivity contribution in [2.45, 2.75) is 83.8 Å². The summed E-state index contributed by atoms with van der Waals surface area (Å²) in [6.45, 7) is 10.5. The SMILES string of the molecule is CC(=O)NC[C@H]1CC[C@@H](CC(=O)NCc2ccc(C(C)(C)C)cc2)N1CC1CC1. The van der Waals surface area contributed by atoms with Gasteiger partial charge in [0.05, 0.1) is 0 Å². The van der Waals surface area contributed by atoms with E-state index in [9.17, 15) is 9.59 Å². The lowest BCUT2D eigenvalue weighted by Gasteiger charge is -2.30. The number of carbonyl (C=O) groups is 2. The Balaban J connectivity index is 1.50. The predicted octanol–water partition coefficient (Wildman–Crippen LogP) is 3.37. The van der Waals surface area contributed by atoms with Crippen LogP contribution < -0.4 is 10.6 Å². The summed E-state index contributed by atoms with van der Waals surface area (Å²) in [4.78, 5) is 26.4. The van der Waals surface area contributed by atoms with Crippen LogP contribution in [-0.2, 0) is 21.5 Å². The van der Waals surface area contributed by atoms with Gasteiger partial charge in [0.25, 0.3) is 0 Å². The summed E-state index contributed by atoms with van der Waals surface area (Å²) in [7, 11) is 0. The van der Waals surface area contributed by atoms with E-state index in [-0.39, 0.29) is 23.3 Å². The van der Waals surface area contributed by atoms with Crippen molar-refractivity contribution in [1.29, 1.82) is 0 Å².